The number of unbranched alkanes of at least 4 members (excludes halogenated alkanes) is 2. The van der Waals surface area contributed by atoms with Crippen molar-refractivity contribution >= 4 is 14.0 Å². The number of rotatable bonds is 6. The molecule has 1 fully saturated rings. The summed E-state index contributed by atoms with van der Waals surface area (Å²) in [7, 11) is -0.422. The van der Waals surface area contributed by atoms with Gasteiger partial charge >= 0.3 is 0 Å². The van der Waals surface area contributed by atoms with Gasteiger partial charge in [0.2, 0.25) is 0 Å². The Kier molecular flexibility index (Phi) is 6.63. The van der Waals surface area contributed by atoms with E-state index < -0.39 is 14.6 Å². The van der Waals surface area contributed by atoms with Gasteiger partial charge in [0, 0.05) is 0 Å². The van der Waals surface area contributed by atoms with Gasteiger partial charge in [-0.05, 0) is 29.2 Å². The van der Waals surface area contributed by atoms with Crippen molar-refractivity contribution in [2.24, 2.45) is 5.92 Å². The second-order valence-electron chi connectivity index (χ2n) is 7.43. The first-order chi connectivity index (χ1) is 12.7. The first-order valence-corrected chi connectivity index (χ1v) is 11.8. The summed E-state index contributed by atoms with van der Waals surface area (Å²) in [5.41, 5.74) is 1.96. The molecule has 1 aliphatic rings. The minimum Gasteiger partial charge on any atom is -0.206 e. The zero-order chi connectivity index (χ0) is 18.4. The molecule has 0 atom stereocenters. The summed E-state index contributed by atoms with van der Waals surface area (Å²) in [6.07, 6.45) is 8.33. The topological polar surface area (TPSA) is 23.8 Å². The van der Waals surface area contributed by atoms with E-state index in [0.717, 1.165) is 17.0 Å². The first kappa shape index (κ1) is 18.9. The minimum absolute atomic E-state index is 0.103. The number of benzene rings is 2. The van der Waals surface area contributed by atoms with Crippen molar-refractivity contribution in [2.75, 3.05) is 0 Å². The molecular formula is C23H27FNSi. The molecule has 2 aromatic rings. The number of halogens is 1. The predicted molar refractivity (Wildman–Crippen MR) is 108 cm³/mol. The number of nitrogens with zero attached hydrogens (tertiary/aromatic N) is 1. The van der Waals surface area contributed by atoms with Crippen LogP contribution in [0.25, 0.3) is 11.1 Å². The van der Waals surface area contributed by atoms with E-state index in [1.807, 2.05) is 12.1 Å². The summed E-state index contributed by atoms with van der Waals surface area (Å²) in [5, 5.41) is 10.4. The Hall–Kier alpha value is -1.92. The lowest BCUT2D eigenvalue weighted by Crippen LogP contribution is -2.33. The number of nitriles is 1. The lowest BCUT2D eigenvalue weighted by molar-refractivity contribution is 0.418. The fraction of sp³-hybridized carbons (Fsp3) is 0.435. The van der Waals surface area contributed by atoms with Crippen LogP contribution < -0.4 is 5.19 Å². The summed E-state index contributed by atoms with van der Waals surface area (Å²) in [5.74, 6) is 0.513. The highest BCUT2D eigenvalue weighted by atomic mass is 28.3. The van der Waals surface area contributed by atoms with Crippen molar-refractivity contribution in [1.29, 1.82) is 5.26 Å². The second-order valence-corrected chi connectivity index (χ2v) is 10.2. The lowest BCUT2D eigenvalue weighted by Gasteiger charge is -2.27. The molecule has 0 N–H and O–H groups in total. The molecule has 1 radical (unpaired) electrons. The highest BCUT2D eigenvalue weighted by molar-refractivity contribution is 6.73. The van der Waals surface area contributed by atoms with Crippen LogP contribution in [-0.2, 0) is 0 Å². The number of hydrogen-bond acceptors (Lipinski definition) is 1. The van der Waals surface area contributed by atoms with E-state index in [1.165, 1.54) is 61.9 Å². The van der Waals surface area contributed by atoms with Gasteiger partial charge in [-0.3, -0.25) is 0 Å². The largest absolute Gasteiger partial charge is 0.206 e. The average Bonchev–Trinajstić information content (AvgIpc) is 2.69. The van der Waals surface area contributed by atoms with Crippen molar-refractivity contribution in [2.45, 2.75) is 57.5 Å². The maximum Gasteiger partial charge on any atom is 0.141 e. The van der Waals surface area contributed by atoms with Gasteiger partial charge in [-0.2, -0.15) is 5.26 Å². The Bertz CT molecular complexity index is 755. The van der Waals surface area contributed by atoms with E-state index >= 15 is 0 Å². The summed E-state index contributed by atoms with van der Waals surface area (Å²) in [4.78, 5) is 0. The van der Waals surface area contributed by atoms with E-state index in [2.05, 4.69) is 31.2 Å². The van der Waals surface area contributed by atoms with E-state index in [-0.39, 0.29) is 5.56 Å². The molecule has 0 aromatic heterocycles. The van der Waals surface area contributed by atoms with Crippen molar-refractivity contribution in [3.8, 4) is 17.2 Å². The van der Waals surface area contributed by atoms with Crippen LogP contribution in [-0.4, -0.2) is 8.80 Å². The normalized spacial score (nSPS) is 15.7. The first-order valence-electron chi connectivity index (χ1n) is 9.86. The molecule has 0 unspecified atom stereocenters. The molecule has 0 saturated carbocycles. The van der Waals surface area contributed by atoms with Crippen LogP contribution in [0.3, 0.4) is 0 Å². The van der Waals surface area contributed by atoms with Gasteiger partial charge < -0.3 is 0 Å². The summed E-state index contributed by atoms with van der Waals surface area (Å²) < 4.78 is 13.8. The molecule has 1 saturated heterocycles. The van der Waals surface area contributed by atoms with E-state index in [0.29, 0.717) is 0 Å². The maximum atomic E-state index is 13.8. The van der Waals surface area contributed by atoms with Crippen LogP contribution in [0.4, 0.5) is 4.39 Å². The Morgan fingerprint density at radius 3 is 2.35 bits per heavy atom. The Labute approximate surface area is 158 Å². The molecule has 0 spiro atoms. The Morgan fingerprint density at radius 2 is 1.73 bits per heavy atom. The molecule has 26 heavy (non-hydrogen) atoms. The quantitative estimate of drug-likeness (QED) is 0.452. The molecule has 3 heteroatoms. The van der Waals surface area contributed by atoms with Gasteiger partial charge in [-0.1, -0.05) is 93.1 Å². The summed E-state index contributed by atoms with van der Waals surface area (Å²) in [6, 6.07) is 18.2. The zero-order valence-corrected chi connectivity index (χ0v) is 16.6. The summed E-state index contributed by atoms with van der Waals surface area (Å²) >= 11 is 0. The third-order valence-corrected chi connectivity index (χ3v) is 8.57. The standard InChI is InChI=1S/C23H27FNSi/c1-2-3-4-5-18-12-14-26(15-13-18)22-10-8-19(9-11-22)20-6-7-21(17-25)23(24)16-20/h6-11,16,18H,2-5,12-15H2,1H3. The van der Waals surface area contributed by atoms with Crippen LogP contribution >= 0.6 is 0 Å². The molecule has 1 nitrogen and oxygen atoms in total. The fourth-order valence-corrected chi connectivity index (χ4v) is 6.95. The number of hydrogen-bond donors (Lipinski definition) is 0. The van der Waals surface area contributed by atoms with Crippen LogP contribution in [0, 0.1) is 23.1 Å². The average molecular weight is 365 g/mol. The molecular weight excluding hydrogens is 337 g/mol. The van der Waals surface area contributed by atoms with E-state index in [1.54, 1.807) is 6.07 Å². The monoisotopic (exact) mass is 364 g/mol. The molecule has 135 valence electrons. The van der Waals surface area contributed by atoms with Crippen molar-refractivity contribution in [1.82, 2.24) is 0 Å². The fourth-order valence-electron chi connectivity index (χ4n) is 3.97. The summed E-state index contributed by atoms with van der Waals surface area (Å²) in [6.45, 7) is 2.28. The van der Waals surface area contributed by atoms with Gasteiger partial charge in [0.25, 0.3) is 0 Å². The third-order valence-electron chi connectivity index (χ3n) is 5.64. The van der Waals surface area contributed by atoms with Gasteiger partial charge in [0.1, 0.15) is 11.9 Å². The van der Waals surface area contributed by atoms with E-state index in [4.69, 9.17) is 5.26 Å². The van der Waals surface area contributed by atoms with Gasteiger partial charge in [-0.25, -0.2) is 4.39 Å². The van der Waals surface area contributed by atoms with Gasteiger partial charge in [0.15, 0.2) is 0 Å². The van der Waals surface area contributed by atoms with Crippen LogP contribution in [0.2, 0.25) is 12.1 Å². The van der Waals surface area contributed by atoms with Gasteiger partial charge in [-0.15, -0.1) is 0 Å². The second kappa shape index (κ2) is 9.14. The van der Waals surface area contributed by atoms with Crippen LogP contribution in [0.5, 0.6) is 0 Å². The Morgan fingerprint density at radius 1 is 1.04 bits per heavy atom. The van der Waals surface area contributed by atoms with Crippen LogP contribution in [0.1, 0.15) is 51.0 Å². The highest BCUT2D eigenvalue weighted by Crippen LogP contribution is 2.29. The molecule has 0 bridgehead atoms. The smallest absolute Gasteiger partial charge is 0.141 e. The lowest BCUT2D eigenvalue weighted by atomic mass is 9.96. The van der Waals surface area contributed by atoms with Crippen molar-refractivity contribution in [3.63, 3.8) is 0 Å². The minimum atomic E-state index is -0.442. The molecule has 1 heterocycles. The van der Waals surface area contributed by atoms with Crippen molar-refractivity contribution < 1.29 is 4.39 Å². The molecule has 3 rings (SSSR count). The third kappa shape index (κ3) is 4.62. The SMILES string of the molecule is CCCCCC1CC[Si](c2ccc(-c3ccc(C#N)c(F)c3)cc2)CC1. The van der Waals surface area contributed by atoms with Gasteiger partial charge in [0.05, 0.1) is 14.4 Å². The van der Waals surface area contributed by atoms with Crippen LogP contribution in [0.15, 0.2) is 42.5 Å². The Balaban J connectivity index is 1.60. The predicted octanol–water partition coefficient (Wildman–Crippen LogP) is 6.06. The van der Waals surface area contributed by atoms with Crippen molar-refractivity contribution in [3.05, 3.63) is 53.8 Å². The molecule has 2 aromatic carbocycles. The maximum absolute atomic E-state index is 13.8. The zero-order valence-electron chi connectivity index (χ0n) is 15.6. The molecule has 1 aliphatic heterocycles. The highest BCUT2D eigenvalue weighted by Gasteiger charge is 2.23. The molecule has 0 amide bonds. The van der Waals surface area contributed by atoms with E-state index in [9.17, 15) is 4.39 Å². The molecule has 0 aliphatic carbocycles.